The molecule has 0 spiro atoms. The maximum Gasteiger partial charge on any atom is 0.248 e. The van der Waals surface area contributed by atoms with Crippen molar-refractivity contribution in [2.24, 2.45) is 5.73 Å². The highest BCUT2D eigenvalue weighted by Gasteiger charge is 2.09. The monoisotopic (exact) mass is 274 g/mol. The second kappa shape index (κ2) is 5.61. The van der Waals surface area contributed by atoms with Gasteiger partial charge in [-0.25, -0.2) is 4.39 Å². The lowest BCUT2D eigenvalue weighted by Crippen LogP contribution is -2.12. The molecule has 0 aliphatic heterocycles. The third-order valence-electron chi connectivity index (χ3n) is 3.00. The summed E-state index contributed by atoms with van der Waals surface area (Å²) < 4.78 is 19.2. The van der Waals surface area contributed by atoms with Crippen molar-refractivity contribution < 1.29 is 13.9 Å². The number of hydrogen-bond donors (Lipinski definition) is 2. The topological polar surface area (TPSA) is 78.3 Å². The average molecular weight is 274 g/mol. The number of carbonyl (C=O) groups excluding carboxylic acids is 1. The van der Waals surface area contributed by atoms with Crippen LogP contribution in [0.3, 0.4) is 0 Å². The van der Waals surface area contributed by atoms with E-state index < -0.39 is 11.7 Å². The molecular formula is C15H15FN2O2. The highest BCUT2D eigenvalue weighted by atomic mass is 19.1. The van der Waals surface area contributed by atoms with Gasteiger partial charge in [-0.15, -0.1) is 0 Å². The molecule has 0 saturated heterocycles. The molecule has 5 heteroatoms. The van der Waals surface area contributed by atoms with E-state index in [0.29, 0.717) is 11.4 Å². The van der Waals surface area contributed by atoms with E-state index in [0.717, 1.165) is 5.56 Å². The summed E-state index contributed by atoms with van der Waals surface area (Å²) in [6.07, 6.45) is 0. The van der Waals surface area contributed by atoms with Gasteiger partial charge in [0, 0.05) is 11.1 Å². The van der Waals surface area contributed by atoms with Crippen molar-refractivity contribution in [1.82, 2.24) is 0 Å². The fourth-order valence-corrected chi connectivity index (χ4v) is 1.77. The van der Waals surface area contributed by atoms with Gasteiger partial charge in [0.2, 0.25) is 5.91 Å². The van der Waals surface area contributed by atoms with Crippen LogP contribution in [0.1, 0.15) is 21.5 Å². The van der Waals surface area contributed by atoms with Gasteiger partial charge in [0.1, 0.15) is 18.2 Å². The van der Waals surface area contributed by atoms with Crippen LogP contribution in [0.25, 0.3) is 0 Å². The summed E-state index contributed by atoms with van der Waals surface area (Å²) in [6, 6.07) is 9.27. The fraction of sp³-hybridized carbons (Fsp3) is 0.133. The van der Waals surface area contributed by atoms with Crippen molar-refractivity contribution in [3.8, 4) is 5.75 Å². The number of amides is 1. The molecule has 0 atom stereocenters. The van der Waals surface area contributed by atoms with E-state index in [2.05, 4.69) is 0 Å². The second-order valence-corrected chi connectivity index (χ2v) is 4.45. The van der Waals surface area contributed by atoms with Crippen LogP contribution in [0.2, 0.25) is 0 Å². The number of nitrogen functional groups attached to an aromatic ring is 1. The first-order valence-electron chi connectivity index (χ1n) is 6.05. The van der Waals surface area contributed by atoms with Crippen LogP contribution in [0.4, 0.5) is 10.1 Å². The minimum atomic E-state index is -0.610. The highest BCUT2D eigenvalue weighted by molar-refractivity contribution is 5.92. The molecule has 2 aromatic rings. The lowest BCUT2D eigenvalue weighted by Gasteiger charge is -2.11. The molecule has 104 valence electrons. The summed E-state index contributed by atoms with van der Waals surface area (Å²) in [5.74, 6) is -0.587. The number of rotatable bonds is 4. The molecule has 0 aromatic heterocycles. The number of para-hydroxylation sites is 1. The Kier molecular flexibility index (Phi) is 3.89. The molecule has 0 fully saturated rings. The SMILES string of the molecule is Cc1cccc(OCc2cc(C(N)=O)ccc2F)c1N. The van der Waals surface area contributed by atoms with Crippen molar-refractivity contribution in [3.63, 3.8) is 0 Å². The van der Waals surface area contributed by atoms with Crippen molar-refractivity contribution in [2.75, 3.05) is 5.73 Å². The standard InChI is InChI=1S/C15H15FN2O2/c1-9-3-2-4-13(14(9)17)20-8-11-7-10(15(18)19)5-6-12(11)16/h2-7H,8,17H2,1H3,(H2,18,19). The number of carbonyl (C=O) groups is 1. The average Bonchev–Trinajstić information content (AvgIpc) is 2.41. The Bertz CT molecular complexity index is 656. The van der Waals surface area contributed by atoms with Crippen LogP contribution >= 0.6 is 0 Å². The Balaban J connectivity index is 2.20. The van der Waals surface area contributed by atoms with Crippen LogP contribution in [0, 0.1) is 12.7 Å². The summed E-state index contributed by atoms with van der Waals surface area (Å²) in [4.78, 5) is 11.1. The van der Waals surface area contributed by atoms with Gasteiger partial charge in [0.05, 0.1) is 5.69 Å². The predicted octanol–water partition coefficient (Wildman–Crippen LogP) is 2.39. The molecule has 0 radical (unpaired) electrons. The third kappa shape index (κ3) is 2.88. The van der Waals surface area contributed by atoms with Gasteiger partial charge in [-0.3, -0.25) is 4.79 Å². The largest absolute Gasteiger partial charge is 0.487 e. The highest BCUT2D eigenvalue weighted by Crippen LogP contribution is 2.25. The lowest BCUT2D eigenvalue weighted by molar-refractivity contribution is 0.1000. The summed E-state index contributed by atoms with van der Waals surface area (Å²) in [6.45, 7) is 1.83. The minimum absolute atomic E-state index is 0.0272. The first kappa shape index (κ1) is 13.9. The minimum Gasteiger partial charge on any atom is -0.487 e. The zero-order valence-corrected chi connectivity index (χ0v) is 11.0. The van der Waals surface area contributed by atoms with Crippen molar-refractivity contribution >= 4 is 11.6 Å². The first-order valence-corrected chi connectivity index (χ1v) is 6.05. The van der Waals surface area contributed by atoms with Crippen LogP contribution < -0.4 is 16.2 Å². The molecule has 0 aliphatic carbocycles. The molecule has 0 unspecified atom stereocenters. The van der Waals surface area contributed by atoms with Crippen molar-refractivity contribution in [3.05, 3.63) is 58.9 Å². The molecule has 0 bridgehead atoms. The van der Waals surface area contributed by atoms with Crippen LogP contribution in [-0.4, -0.2) is 5.91 Å². The summed E-state index contributed by atoms with van der Waals surface area (Å²) in [7, 11) is 0. The molecule has 20 heavy (non-hydrogen) atoms. The van der Waals surface area contributed by atoms with Gasteiger partial charge in [0.25, 0.3) is 0 Å². The number of benzene rings is 2. The van der Waals surface area contributed by atoms with Gasteiger partial charge < -0.3 is 16.2 Å². The van der Waals surface area contributed by atoms with Gasteiger partial charge in [-0.2, -0.15) is 0 Å². The Hall–Kier alpha value is -2.56. The van der Waals surface area contributed by atoms with E-state index in [1.165, 1.54) is 18.2 Å². The quantitative estimate of drug-likeness (QED) is 0.840. The van der Waals surface area contributed by atoms with Crippen molar-refractivity contribution in [1.29, 1.82) is 0 Å². The normalized spacial score (nSPS) is 10.3. The van der Waals surface area contributed by atoms with Crippen LogP contribution in [0.5, 0.6) is 5.75 Å². The van der Waals surface area contributed by atoms with Gasteiger partial charge in [0.15, 0.2) is 0 Å². The molecule has 4 N–H and O–H groups in total. The van der Waals surface area contributed by atoms with E-state index in [1.807, 2.05) is 13.0 Å². The summed E-state index contributed by atoms with van der Waals surface area (Å²) in [5, 5.41) is 0. The Morgan fingerprint density at radius 3 is 2.75 bits per heavy atom. The number of aryl methyl sites for hydroxylation is 1. The van der Waals surface area contributed by atoms with E-state index in [4.69, 9.17) is 16.2 Å². The molecule has 2 aromatic carbocycles. The molecule has 0 saturated carbocycles. The van der Waals surface area contributed by atoms with Gasteiger partial charge >= 0.3 is 0 Å². The molecule has 4 nitrogen and oxygen atoms in total. The Morgan fingerprint density at radius 1 is 1.30 bits per heavy atom. The Morgan fingerprint density at radius 2 is 2.05 bits per heavy atom. The lowest BCUT2D eigenvalue weighted by atomic mass is 10.1. The molecule has 0 heterocycles. The molecule has 1 amide bonds. The molecule has 0 aliphatic rings. The number of ether oxygens (including phenoxy) is 1. The number of primary amides is 1. The van der Waals surface area contributed by atoms with Gasteiger partial charge in [-0.05, 0) is 36.8 Å². The summed E-state index contributed by atoms with van der Waals surface area (Å²) >= 11 is 0. The van der Waals surface area contributed by atoms with Crippen LogP contribution in [-0.2, 0) is 6.61 Å². The van der Waals surface area contributed by atoms with E-state index in [1.54, 1.807) is 12.1 Å². The number of anilines is 1. The van der Waals surface area contributed by atoms with Gasteiger partial charge in [-0.1, -0.05) is 12.1 Å². The zero-order valence-electron chi connectivity index (χ0n) is 11.0. The second-order valence-electron chi connectivity index (χ2n) is 4.45. The third-order valence-corrected chi connectivity index (χ3v) is 3.00. The maximum atomic E-state index is 13.7. The summed E-state index contributed by atoms with van der Waals surface area (Å²) in [5.41, 5.74) is 12.9. The maximum absolute atomic E-state index is 13.7. The number of hydrogen-bond acceptors (Lipinski definition) is 3. The molecule has 2 rings (SSSR count). The van der Waals surface area contributed by atoms with Crippen molar-refractivity contribution in [2.45, 2.75) is 13.5 Å². The smallest absolute Gasteiger partial charge is 0.248 e. The van der Waals surface area contributed by atoms with E-state index >= 15 is 0 Å². The molecular weight excluding hydrogens is 259 g/mol. The number of nitrogens with two attached hydrogens (primary N) is 2. The van der Waals surface area contributed by atoms with E-state index in [-0.39, 0.29) is 17.7 Å². The first-order chi connectivity index (χ1) is 9.49. The fourth-order valence-electron chi connectivity index (χ4n) is 1.77. The van der Waals surface area contributed by atoms with Crippen LogP contribution in [0.15, 0.2) is 36.4 Å². The zero-order chi connectivity index (χ0) is 14.7. The van der Waals surface area contributed by atoms with E-state index in [9.17, 15) is 9.18 Å². The predicted molar refractivity (Wildman–Crippen MR) is 74.8 cm³/mol. The Labute approximate surface area is 116 Å². The number of halogens is 1.